The molecule has 9 heteroatoms. The minimum absolute atomic E-state index is 0.00634. The quantitative estimate of drug-likeness (QED) is 0.266. The van der Waals surface area contributed by atoms with E-state index in [1.54, 1.807) is 37.5 Å². The summed E-state index contributed by atoms with van der Waals surface area (Å²) in [5.74, 6) is -0.867. The van der Waals surface area contributed by atoms with Gasteiger partial charge in [0, 0.05) is 18.8 Å². The number of nitrogens with one attached hydrogen (secondary N) is 2. The van der Waals surface area contributed by atoms with Gasteiger partial charge in [-0.25, -0.2) is 9.78 Å². The Kier molecular flexibility index (Phi) is 6.09. The average molecular weight is 449 g/mol. The van der Waals surface area contributed by atoms with Gasteiger partial charge in [0.25, 0.3) is 5.56 Å². The van der Waals surface area contributed by atoms with Crippen molar-refractivity contribution in [3.05, 3.63) is 76.7 Å². The summed E-state index contributed by atoms with van der Waals surface area (Å²) in [5.41, 5.74) is 3.12. The van der Waals surface area contributed by atoms with Gasteiger partial charge in [0.1, 0.15) is 11.0 Å². The minimum Gasteiger partial charge on any atom is -0.465 e. The predicted molar refractivity (Wildman–Crippen MR) is 124 cm³/mol. The van der Waals surface area contributed by atoms with E-state index >= 15 is 0 Å². The second kappa shape index (κ2) is 9.11. The van der Waals surface area contributed by atoms with Crippen LogP contribution in [0.15, 0.2) is 70.7 Å². The Morgan fingerprint density at radius 2 is 1.84 bits per heavy atom. The number of methoxy groups -OCH3 is 1. The number of carbonyl (C=O) groups excluding carboxylic acids is 2. The smallest absolute Gasteiger partial charge is 0.339 e. The fraction of sp³-hybridized carbons (Fsp3) is 0.130. The number of fused-ring (bicyclic) bond motifs is 1. The molecule has 8 nitrogen and oxygen atoms in total. The van der Waals surface area contributed by atoms with Gasteiger partial charge in [-0.15, -0.1) is 0 Å². The van der Waals surface area contributed by atoms with Gasteiger partial charge in [0.2, 0.25) is 5.91 Å². The molecular formula is C23H20N4O4S. The zero-order valence-corrected chi connectivity index (χ0v) is 18.2. The highest BCUT2D eigenvalue weighted by Gasteiger charge is 2.17. The van der Waals surface area contributed by atoms with E-state index in [0.717, 1.165) is 22.9 Å². The summed E-state index contributed by atoms with van der Waals surface area (Å²) in [7, 11) is 2.90. The Morgan fingerprint density at radius 1 is 1.12 bits per heavy atom. The summed E-state index contributed by atoms with van der Waals surface area (Å²) in [6.45, 7) is 0. The number of hydrogen-bond donors (Lipinski definition) is 2. The minimum atomic E-state index is -0.538. The van der Waals surface area contributed by atoms with Gasteiger partial charge < -0.3 is 15.0 Å². The molecular weight excluding hydrogens is 428 g/mol. The van der Waals surface area contributed by atoms with Crippen molar-refractivity contribution in [2.75, 3.05) is 18.2 Å². The molecule has 0 aliphatic carbocycles. The van der Waals surface area contributed by atoms with E-state index in [9.17, 15) is 14.4 Å². The second-order valence-electron chi connectivity index (χ2n) is 6.92. The number of rotatable bonds is 6. The lowest BCUT2D eigenvalue weighted by Crippen LogP contribution is -2.22. The van der Waals surface area contributed by atoms with Crippen molar-refractivity contribution in [2.24, 2.45) is 7.05 Å². The lowest BCUT2D eigenvalue weighted by atomic mass is 10.1. The molecule has 0 aliphatic heterocycles. The van der Waals surface area contributed by atoms with E-state index < -0.39 is 5.97 Å². The Morgan fingerprint density at radius 3 is 2.59 bits per heavy atom. The molecule has 162 valence electrons. The molecule has 32 heavy (non-hydrogen) atoms. The van der Waals surface area contributed by atoms with Gasteiger partial charge in [-0.3, -0.25) is 14.2 Å². The van der Waals surface area contributed by atoms with Gasteiger partial charge >= 0.3 is 5.97 Å². The monoisotopic (exact) mass is 448 g/mol. The topological polar surface area (TPSA) is 106 Å². The fourth-order valence-electron chi connectivity index (χ4n) is 3.28. The number of nitrogens with zero attached hydrogens (tertiary/aromatic N) is 2. The molecule has 1 amide bonds. The molecule has 2 aromatic heterocycles. The van der Waals surface area contributed by atoms with E-state index in [0.29, 0.717) is 21.9 Å². The summed E-state index contributed by atoms with van der Waals surface area (Å²) in [6, 6.07) is 16.2. The molecule has 0 spiro atoms. The van der Waals surface area contributed by atoms with E-state index in [1.165, 1.54) is 11.7 Å². The number of para-hydroxylation sites is 1. The standard InChI is InChI=1S/C23H20N4O4S/c1-27-21(29)20-19(16(12-24-20)14-8-4-3-5-9-14)26-23(27)32-13-18(28)25-17-11-7-6-10-15(17)22(30)31-2/h3-12,24H,13H2,1-2H3,(H,25,28). The van der Waals surface area contributed by atoms with Crippen molar-refractivity contribution in [1.82, 2.24) is 14.5 Å². The Balaban J connectivity index is 1.57. The predicted octanol–water partition coefficient (Wildman–Crippen LogP) is 3.45. The van der Waals surface area contributed by atoms with E-state index in [1.807, 2.05) is 30.3 Å². The molecule has 0 saturated heterocycles. The Labute approximate surface area is 187 Å². The lowest BCUT2D eigenvalue weighted by Gasteiger charge is -2.10. The van der Waals surface area contributed by atoms with Crippen molar-refractivity contribution in [3.8, 4) is 11.1 Å². The zero-order valence-electron chi connectivity index (χ0n) is 17.4. The number of amides is 1. The van der Waals surface area contributed by atoms with Gasteiger partial charge in [0.15, 0.2) is 5.16 Å². The maximum atomic E-state index is 12.8. The highest BCUT2D eigenvalue weighted by atomic mass is 32.2. The van der Waals surface area contributed by atoms with Crippen LogP contribution in [-0.2, 0) is 16.6 Å². The van der Waals surface area contributed by atoms with Crippen LogP contribution in [0.2, 0.25) is 0 Å². The first-order chi connectivity index (χ1) is 15.5. The van der Waals surface area contributed by atoms with E-state index in [-0.39, 0.29) is 22.8 Å². The molecule has 0 fully saturated rings. The number of thioether (sulfide) groups is 1. The third kappa shape index (κ3) is 4.15. The third-order valence-corrected chi connectivity index (χ3v) is 5.92. The van der Waals surface area contributed by atoms with Crippen LogP contribution in [0.4, 0.5) is 5.69 Å². The number of aromatic nitrogens is 3. The summed E-state index contributed by atoms with van der Waals surface area (Å²) >= 11 is 1.14. The molecule has 2 aromatic carbocycles. The number of esters is 1. The third-order valence-electron chi connectivity index (χ3n) is 4.89. The summed E-state index contributed by atoms with van der Waals surface area (Å²) in [5, 5.41) is 3.13. The highest BCUT2D eigenvalue weighted by molar-refractivity contribution is 7.99. The van der Waals surface area contributed by atoms with Gasteiger partial charge in [-0.2, -0.15) is 0 Å². The Bertz CT molecular complexity index is 1360. The second-order valence-corrected chi connectivity index (χ2v) is 7.87. The molecule has 0 atom stereocenters. The number of aromatic amines is 1. The van der Waals surface area contributed by atoms with Crippen molar-refractivity contribution in [2.45, 2.75) is 5.16 Å². The number of benzene rings is 2. The molecule has 0 saturated carbocycles. The van der Waals surface area contributed by atoms with Crippen LogP contribution in [0.3, 0.4) is 0 Å². The zero-order chi connectivity index (χ0) is 22.7. The van der Waals surface area contributed by atoms with Gasteiger partial charge in [-0.1, -0.05) is 54.2 Å². The van der Waals surface area contributed by atoms with Gasteiger partial charge in [-0.05, 0) is 17.7 Å². The van der Waals surface area contributed by atoms with Crippen molar-refractivity contribution in [1.29, 1.82) is 0 Å². The maximum Gasteiger partial charge on any atom is 0.339 e. The molecule has 0 bridgehead atoms. The molecule has 2 heterocycles. The molecule has 4 aromatic rings. The number of hydrogen-bond acceptors (Lipinski definition) is 6. The molecule has 2 N–H and O–H groups in total. The van der Waals surface area contributed by atoms with E-state index in [2.05, 4.69) is 15.3 Å². The number of carbonyl (C=O) groups is 2. The van der Waals surface area contributed by atoms with Crippen LogP contribution in [0, 0.1) is 0 Å². The lowest BCUT2D eigenvalue weighted by molar-refractivity contribution is -0.113. The molecule has 0 aliphatic rings. The summed E-state index contributed by atoms with van der Waals surface area (Å²) in [6.07, 6.45) is 1.76. The van der Waals surface area contributed by atoms with Crippen molar-refractivity contribution >= 4 is 40.4 Å². The van der Waals surface area contributed by atoms with Crippen LogP contribution in [0.5, 0.6) is 0 Å². The SMILES string of the molecule is COC(=O)c1ccccc1NC(=O)CSc1nc2c(-c3ccccc3)c[nH]c2c(=O)n1C. The number of H-pyrrole nitrogens is 1. The number of ether oxygens (including phenoxy) is 1. The Hall–Kier alpha value is -3.85. The van der Waals surface area contributed by atoms with Crippen LogP contribution >= 0.6 is 11.8 Å². The highest BCUT2D eigenvalue weighted by Crippen LogP contribution is 2.27. The normalized spacial score (nSPS) is 10.8. The van der Waals surface area contributed by atoms with Crippen LogP contribution in [0.25, 0.3) is 22.2 Å². The number of anilines is 1. The summed E-state index contributed by atoms with van der Waals surface area (Å²) in [4.78, 5) is 44.9. The first-order valence-corrected chi connectivity index (χ1v) is 10.7. The van der Waals surface area contributed by atoms with Crippen LogP contribution in [-0.4, -0.2) is 39.3 Å². The van der Waals surface area contributed by atoms with Crippen LogP contribution in [0.1, 0.15) is 10.4 Å². The van der Waals surface area contributed by atoms with Crippen molar-refractivity contribution in [3.63, 3.8) is 0 Å². The summed E-state index contributed by atoms with van der Waals surface area (Å²) < 4.78 is 6.16. The first kappa shape index (κ1) is 21.4. The van der Waals surface area contributed by atoms with Gasteiger partial charge in [0.05, 0.1) is 24.1 Å². The first-order valence-electron chi connectivity index (χ1n) is 9.73. The molecule has 0 unspecified atom stereocenters. The van der Waals surface area contributed by atoms with Crippen LogP contribution < -0.4 is 10.9 Å². The fourth-order valence-corrected chi connectivity index (χ4v) is 4.05. The maximum absolute atomic E-state index is 12.8. The van der Waals surface area contributed by atoms with Crippen molar-refractivity contribution < 1.29 is 14.3 Å². The average Bonchev–Trinajstić information content (AvgIpc) is 3.25. The largest absolute Gasteiger partial charge is 0.465 e. The molecule has 0 radical (unpaired) electrons. The molecule has 4 rings (SSSR count). The van der Waals surface area contributed by atoms with E-state index in [4.69, 9.17) is 4.74 Å².